The molecule has 0 saturated heterocycles. The summed E-state index contributed by atoms with van der Waals surface area (Å²) in [6.07, 6.45) is 1.82. The van der Waals surface area contributed by atoms with Crippen LogP contribution in [0.1, 0.15) is 30.1 Å². The van der Waals surface area contributed by atoms with Crippen LogP contribution in [0.25, 0.3) is 0 Å². The van der Waals surface area contributed by atoms with E-state index in [1.165, 1.54) is 21.3 Å². The zero-order valence-electron chi connectivity index (χ0n) is 11.8. The summed E-state index contributed by atoms with van der Waals surface area (Å²) in [7, 11) is 4.52. The lowest BCUT2D eigenvalue weighted by Crippen LogP contribution is -2.07. The van der Waals surface area contributed by atoms with Crippen molar-refractivity contribution in [2.24, 2.45) is 0 Å². The van der Waals surface area contributed by atoms with Gasteiger partial charge < -0.3 is 18.9 Å². The molecule has 0 saturated carbocycles. The van der Waals surface area contributed by atoms with Crippen LogP contribution >= 0.6 is 0 Å². The lowest BCUT2D eigenvalue weighted by Gasteiger charge is -2.13. The minimum absolute atomic E-state index is 0.380. The summed E-state index contributed by atoms with van der Waals surface area (Å²) >= 11 is 0. The average Bonchev–Trinajstić information content (AvgIpc) is 2.45. The minimum atomic E-state index is -0.396. The quantitative estimate of drug-likeness (QED) is 0.562. The summed E-state index contributed by atoms with van der Waals surface area (Å²) in [6.45, 7) is 2.44. The second-order valence-electron chi connectivity index (χ2n) is 3.90. The molecule has 0 aliphatic carbocycles. The Kier molecular flexibility index (Phi) is 5.99. The molecule has 0 spiro atoms. The Balaban J connectivity index is 2.98. The first-order valence-electron chi connectivity index (χ1n) is 6.15. The van der Waals surface area contributed by atoms with Gasteiger partial charge in [-0.3, -0.25) is 0 Å². The van der Waals surface area contributed by atoms with Gasteiger partial charge in [0.15, 0.2) is 11.5 Å². The van der Waals surface area contributed by atoms with Crippen molar-refractivity contribution in [3.05, 3.63) is 17.7 Å². The van der Waals surface area contributed by atoms with E-state index in [0.29, 0.717) is 29.4 Å². The number of unbranched alkanes of at least 4 members (excludes halogenated alkanes) is 1. The number of carbonyl (C=O) groups excluding carboxylic acids is 1. The fourth-order valence-corrected chi connectivity index (χ4v) is 1.59. The highest BCUT2D eigenvalue weighted by Crippen LogP contribution is 2.38. The number of hydrogen-bond acceptors (Lipinski definition) is 5. The molecule has 1 aromatic carbocycles. The molecule has 0 aromatic heterocycles. The number of rotatable bonds is 7. The van der Waals surface area contributed by atoms with Gasteiger partial charge in [0.2, 0.25) is 5.75 Å². The van der Waals surface area contributed by atoms with E-state index in [0.717, 1.165) is 12.8 Å². The topological polar surface area (TPSA) is 54.0 Å². The van der Waals surface area contributed by atoms with Gasteiger partial charge in [-0.05, 0) is 18.6 Å². The van der Waals surface area contributed by atoms with E-state index in [9.17, 15) is 4.79 Å². The van der Waals surface area contributed by atoms with E-state index in [2.05, 4.69) is 0 Å². The summed E-state index contributed by atoms with van der Waals surface area (Å²) in [6, 6.07) is 3.16. The third kappa shape index (κ3) is 3.77. The second kappa shape index (κ2) is 7.51. The van der Waals surface area contributed by atoms with Crippen LogP contribution in [0.15, 0.2) is 12.1 Å². The number of hydrogen-bond donors (Lipinski definition) is 0. The monoisotopic (exact) mass is 268 g/mol. The predicted octanol–water partition coefficient (Wildman–Crippen LogP) is 2.67. The van der Waals surface area contributed by atoms with Crippen molar-refractivity contribution in [3.8, 4) is 17.2 Å². The first-order chi connectivity index (χ1) is 9.17. The molecule has 0 N–H and O–H groups in total. The van der Waals surface area contributed by atoms with E-state index in [1.807, 2.05) is 6.92 Å². The predicted molar refractivity (Wildman–Crippen MR) is 71.3 cm³/mol. The van der Waals surface area contributed by atoms with Crippen LogP contribution in [0.3, 0.4) is 0 Å². The largest absolute Gasteiger partial charge is 0.493 e. The van der Waals surface area contributed by atoms with Gasteiger partial charge in [-0.1, -0.05) is 13.3 Å². The number of methoxy groups -OCH3 is 3. The summed E-state index contributed by atoms with van der Waals surface area (Å²) in [5.41, 5.74) is 0.380. The molecular weight excluding hydrogens is 248 g/mol. The maximum Gasteiger partial charge on any atom is 0.338 e. The molecule has 0 unspecified atom stereocenters. The molecule has 0 atom stereocenters. The fraction of sp³-hybridized carbons (Fsp3) is 0.500. The molecule has 5 heteroatoms. The standard InChI is InChI=1S/C14H20O5/c1-5-6-7-19-14(15)10-8-11(16-2)13(18-4)12(9-10)17-3/h8-9H,5-7H2,1-4H3. The van der Waals surface area contributed by atoms with E-state index in [4.69, 9.17) is 18.9 Å². The van der Waals surface area contributed by atoms with Gasteiger partial charge in [0, 0.05) is 0 Å². The molecule has 5 nitrogen and oxygen atoms in total. The van der Waals surface area contributed by atoms with Crippen molar-refractivity contribution in [2.75, 3.05) is 27.9 Å². The molecule has 0 aliphatic rings. The number of carbonyl (C=O) groups is 1. The van der Waals surface area contributed by atoms with Crippen molar-refractivity contribution in [3.63, 3.8) is 0 Å². The van der Waals surface area contributed by atoms with E-state index in [1.54, 1.807) is 12.1 Å². The summed E-state index contributed by atoms with van der Waals surface area (Å²) in [5.74, 6) is 0.927. The lowest BCUT2D eigenvalue weighted by atomic mass is 10.2. The first kappa shape index (κ1) is 15.1. The number of ether oxygens (including phenoxy) is 4. The Morgan fingerprint density at radius 1 is 1.05 bits per heavy atom. The highest BCUT2D eigenvalue weighted by molar-refractivity contribution is 5.91. The van der Waals surface area contributed by atoms with Gasteiger partial charge in [-0.2, -0.15) is 0 Å². The lowest BCUT2D eigenvalue weighted by molar-refractivity contribution is 0.0499. The molecule has 0 radical (unpaired) electrons. The smallest absolute Gasteiger partial charge is 0.338 e. The Hall–Kier alpha value is -1.91. The van der Waals surface area contributed by atoms with Gasteiger partial charge in [0.1, 0.15) is 0 Å². The summed E-state index contributed by atoms with van der Waals surface area (Å²) in [5, 5.41) is 0. The number of benzene rings is 1. The van der Waals surface area contributed by atoms with Gasteiger partial charge in [0.05, 0.1) is 33.5 Å². The molecule has 0 bridgehead atoms. The van der Waals surface area contributed by atoms with E-state index >= 15 is 0 Å². The van der Waals surface area contributed by atoms with Crippen LogP contribution in [-0.4, -0.2) is 33.9 Å². The number of esters is 1. The molecule has 1 rings (SSSR count). The minimum Gasteiger partial charge on any atom is -0.493 e. The summed E-state index contributed by atoms with van der Waals surface area (Å²) in [4.78, 5) is 11.9. The van der Waals surface area contributed by atoms with Crippen molar-refractivity contribution in [2.45, 2.75) is 19.8 Å². The average molecular weight is 268 g/mol. The Morgan fingerprint density at radius 3 is 2.05 bits per heavy atom. The Bertz CT molecular complexity index is 403. The van der Waals surface area contributed by atoms with Crippen molar-refractivity contribution in [1.29, 1.82) is 0 Å². The maximum absolute atomic E-state index is 11.9. The maximum atomic E-state index is 11.9. The van der Waals surface area contributed by atoms with Crippen LogP contribution in [-0.2, 0) is 4.74 Å². The zero-order valence-corrected chi connectivity index (χ0v) is 11.8. The van der Waals surface area contributed by atoms with Gasteiger partial charge in [0.25, 0.3) is 0 Å². The van der Waals surface area contributed by atoms with Crippen LogP contribution in [0.5, 0.6) is 17.2 Å². The van der Waals surface area contributed by atoms with E-state index in [-0.39, 0.29) is 0 Å². The second-order valence-corrected chi connectivity index (χ2v) is 3.90. The third-order valence-corrected chi connectivity index (χ3v) is 2.63. The van der Waals surface area contributed by atoms with Crippen molar-refractivity contribution >= 4 is 5.97 Å². The van der Waals surface area contributed by atoms with Crippen LogP contribution in [0.2, 0.25) is 0 Å². The van der Waals surface area contributed by atoms with Gasteiger partial charge >= 0.3 is 5.97 Å². The van der Waals surface area contributed by atoms with Gasteiger partial charge in [-0.25, -0.2) is 4.79 Å². The fourth-order valence-electron chi connectivity index (χ4n) is 1.59. The van der Waals surface area contributed by atoms with Crippen LogP contribution < -0.4 is 14.2 Å². The zero-order chi connectivity index (χ0) is 14.3. The highest BCUT2D eigenvalue weighted by atomic mass is 16.5. The summed E-state index contributed by atoms with van der Waals surface area (Å²) < 4.78 is 20.7. The highest BCUT2D eigenvalue weighted by Gasteiger charge is 2.17. The Labute approximate surface area is 113 Å². The molecule has 1 aromatic rings. The van der Waals surface area contributed by atoms with E-state index < -0.39 is 5.97 Å². The molecule has 0 aliphatic heterocycles. The normalized spacial score (nSPS) is 9.89. The van der Waals surface area contributed by atoms with Gasteiger partial charge in [-0.15, -0.1) is 0 Å². The molecule has 0 heterocycles. The van der Waals surface area contributed by atoms with Crippen molar-refractivity contribution in [1.82, 2.24) is 0 Å². The van der Waals surface area contributed by atoms with Crippen LogP contribution in [0.4, 0.5) is 0 Å². The molecule has 106 valence electrons. The van der Waals surface area contributed by atoms with Crippen LogP contribution in [0, 0.1) is 0 Å². The molecule has 19 heavy (non-hydrogen) atoms. The first-order valence-corrected chi connectivity index (χ1v) is 6.15. The molecule has 0 amide bonds. The Morgan fingerprint density at radius 2 is 1.63 bits per heavy atom. The SMILES string of the molecule is CCCCOC(=O)c1cc(OC)c(OC)c(OC)c1. The molecule has 0 fully saturated rings. The van der Waals surface area contributed by atoms with Crippen molar-refractivity contribution < 1.29 is 23.7 Å². The molecular formula is C14H20O5. The third-order valence-electron chi connectivity index (χ3n) is 2.63.